The van der Waals surface area contributed by atoms with E-state index in [9.17, 15) is 17.6 Å². The van der Waals surface area contributed by atoms with Gasteiger partial charge in [-0.2, -0.15) is 0 Å². The van der Waals surface area contributed by atoms with Crippen LogP contribution in [-0.4, -0.2) is 38.4 Å². The summed E-state index contributed by atoms with van der Waals surface area (Å²) in [6.45, 7) is 0.588. The molecular formula is C18H16Cl3FN2O3S. The highest BCUT2D eigenvalue weighted by molar-refractivity contribution is 7.89. The van der Waals surface area contributed by atoms with Crippen molar-refractivity contribution in [2.75, 3.05) is 13.1 Å². The van der Waals surface area contributed by atoms with E-state index in [4.69, 9.17) is 34.8 Å². The number of carbonyl (C=O) groups is 1. The van der Waals surface area contributed by atoms with Gasteiger partial charge in [-0.25, -0.2) is 17.5 Å². The molecule has 0 spiro atoms. The van der Waals surface area contributed by atoms with E-state index in [0.29, 0.717) is 25.9 Å². The van der Waals surface area contributed by atoms with E-state index in [-0.39, 0.29) is 25.5 Å². The summed E-state index contributed by atoms with van der Waals surface area (Å²) in [7, 11) is -3.97. The highest BCUT2D eigenvalue weighted by Gasteiger charge is 2.30. The lowest BCUT2D eigenvalue weighted by molar-refractivity contribution is 0.0706. The molecule has 5 nitrogen and oxygen atoms in total. The van der Waals surface area contributed by atoms with Crippen molar-refractivity contribution in [1.29, 1.82) is 0 Å². The summed E-state index contributed by atoms with van der Waals surface area (Å²) in [4.78, 5) is 13.7. The van der Waals surface area contributed by atoms with Gasteiger partial charge in [-0.1, -0.05) is 46.9 Å². The molecule has 1 fully saturated rings. The van der Waals surface area contributed by atoms with E-state index in [2.05, 4.69) is 4.72 Å². The highest BCUT2D eigenvalue weighted by Crippen LogP contribution is 2.33. The SMILES string of the molecule is O=C(c1ccccc1F)N1CCC(NS(=O)(=O)c2c(Cl)cc(Cl)cc2Cl)CC1. The molecule has 0 radical (unpaired) electrons. The summed E-state index contributed by atoms with van der Waals surface area (Å²) < 4.78 is 41.7. The van der Waals surface area contributed by atoms with Crippen molar-refractivity contribution in [3.63, 3.8) is 0 Å². The summed E-state index contributed by atoms with van der Waals surface area (Å²) in [6.07, 6.45) is 0.754. The Kier molecular flexibility index (Phi) is 6.51. The predicted molar refractivity (Wildman–Crippen MR) is 107 cm³/mol. The first-order valence-electron chi connectivity index (χ1n) is 8.39. The summed E-state index contributed by atoms with van der Waals surface area (Å²) >= 11 is 17.8. The standard InChI is InChI=1S/C18H16Cl3FN2O3S/c19-11-9-14(20)17(15(21)10-11)28(26,27)23-12-5-7-24(8-6-12)18(25)13-3-1-2-4-16(13)22/h1-4,9-10,12,23H,5-8H2. The highest BCUT2D eigenvalue weighted by atomic mass is 35.5. The molecular weight excluding hydrogens is 450 g/mol. The average Bonchev–Trinajstić information content (AvgIpc) is 2.60. The molecule has 0 bridgehead atoms. The molecule has 2 aromatic carbocycles. The maximum atomic E-state index is 13.8. The van der Waals surface area contributed by atoms with Crippen LogP contribution in [0.3, 0.4) is 0 Å². The number of amides is 1. The molecule has 1 amide bonds. The van der Waals surface area contributed by atoms with Crippen LogP contribution in [0.5, 0.6) is 0 Å². The number of nitrogens with one attached hydrogen (secondary N) is 1. The molecule has 2 aromatic rings. The van der Waals surface area contributed by atoms with Gasteiger partial charge in [0, 0.05) is 24.2 Å². The van der Waals surface area contributed by atoms with E-state index in [1.54, 1.807) is 6.07 Å². The molecule has 1 aliphatic heterocycles. The summed E-state index contributed by atoms with van der Waals surface area (Å²) in [5, 5.41) is 0.0863. The van der Waals surface area contributed by atoms with Crippen molar-refractivity contribution in [3.05, 3.63) is 62.8 Å². The fraction of sp³-hybridized carbons (Fsp3) is 0.278. The second-order valence-corrected chi connectivity index (χ2v) is 9.27. The number of hydrogen-bond acceptors (Lipinski definition) is 3. The first-order chi connectivity index (χ1) is 13.2. The Hall–Kier alpha value is -1.38. The van der Waals surface area contributed by atoms with Crippen molar-refractivity contribution in [1.82, 2.24) is 9.62 Å². The number of carbonyl (C=O) groups excluding carboxylic acids is 1. The third kappa shape index (κ3) is 4.60. The van der Waals surface area contributed by atoms with Crippen LogP contribution < -0.4 is 4.72 Å². The lowest BCUT2D eigenvalue weighted by Crippen LogP contribution is -2.46. The van der Waals surface area contributed by atoms with Crippen LogP contribution in [0, 0.1) is 5.82 Å². The van der Waals surface area contributed by atoms with Crippen molar-refractivity contribution in [3.8, 4) is 0 Å². The van der Waals surface area contributed by atoms with Gasteiger partial charge >= 0.3 is 0 Å². The lowest BCUT2D eigenvalue weighted by Gasteiger charge is -2.32. The molecule has 1 aliphatic rings. The lowest BCUT2D eigenvalue weighted by atomic mass is 10.0. The number of benzene rings is 2. The van der Waals surface area contributed by atoms with E-state index >= 15 is 0 Å². The maximum absolute atomic E-state index is 13.8. The Balaban J connectivity index is 1.67. The first kappa shape index (κ1) is 21.3. The average molecular weight is 466 g/mol. The number of rotatable bonds is 4. The molecule has 1 N–H and O–H groups in total. The van der Waals surface area contributed by atoms with Gasteiger partial charge in [0.1, 0.15) is 10.7 Å². The zero-order chi connectivity index (χ0) is 20.5. The topological polar surface area (TPSA) is 66.5 Å². The van der Waals surface area contributed by atoms with Gasteiger partial charge < -0.3 is 4.90 Å². The number of piperidine rings is 1. The zero-order valence-corrected chi connectivity index (χ0v) is 17.5. The number of halogens is 4. The third-order valence-electron chi connectivity index (χ3n) is 4.44. The monoisotopic (exact) mass is 464 g/mol. The molecule has 0 unspecified atom stereocenters. The van der Waals surface area contributed by atoms with Gasteiger partial charge in [0.2, 0.25) is 10.0 Å². The molecule has 1 heterocycles. The molecule has 28 heavy (non-hydrogen) atoms. The van der Waals surface area contributed by atoms with E-state index in [1.807, 2.05) is 0 Å². The smallest absolute Gasteiger partial charge is 0.256 e. The molecule has 0 aliphatic carbocycles. The van der Waals surface area contributed by atoms with Crippen molar-refractivity contribution < 1.29 is 17.6 Å². The summed E-state index contributed by atoms with van der Waals surface area (Å²) in [5.74, 6) is -0.995. The van der Waals surface area contributed by atoms with Gasteiger partial charge in [-0.3, -0.25) is 4.79 Å². The van der Waals surface area contributed by atoms with Gasteiger partial charge in [0.15, 0.2) is 0 Å². The minimum absolute atomic E-state index is 0.00117. The van der Waals surface area contributed by atoms with Crippen LogP contribution >= 0.6 is 34.8 Å². The molecule has 150 valence electrons. The van der Waals surface area contributed by atoms with Crippen LogP contribution in [0.1, 0.15) is 23.2 Å². The largest absolute Gasteiger partial charge is 0.338 e. The molecule has 0 aromatic heterocycles. The van der Waals surface area contributed by atoms with Crippen molar-refractivity contribution in [2.45, 2.75) is 23.8 Å². The van der Waals surface area contributed by atoms with E-state index < -0.39 is 27.8 Å². The number of hydrogen-bond donors (Lipinski definition) is 1. The van der Waals surface area contributed by atoms with E-state index in [1.165, 1.54) is 35.2 Å². The van der Waals surface area contributed by atoms with E-state index in [0.717, 1.165) is 0 Å². The van der Waals surface area contributed by atoms with Gasteiger partial charge in [-0.15, -0.1) is 0 Å². The first-order valence-corrected chi connectivity index (χ1v) is 11.0. The molecule has 10 heteroatoms. The molecule has 0 saturated carbocycles. The van der Waals surface area contributed by atoms with Gasteiger partial charge in [0.25, 0.3) is 5.91 Å². The summed E-state index contributed by atoms with van der Waals surface area (Å²) in [6, 6.07) is 7.97. The maximum Gasteiger partial charge on any atom is 0.256 e. The number of nitrogens with zero attached hydrogens (tertiary/aromatic N) is 1. The number of likely N-dealkylation sites (tertiary alicyclic amines) is 1. The van der Waals surface area contributed by atoms with Crippen LogP contribution in [0.4, 0.5) is 4.39 Å². The Bertz CT molecular complexity index is 986. The summed E-state index contributed by atoms with van der Waals surface area (Å²) in [5.41, 5.74) is 0.00117. The fourth-order valence-corrected chi connectivity index (χ4v) is 5.92. The number of sulfonamides is 1. The van der Waals surface area contributed by atoms with Gasteiger partial charge in [-0.05, 0) is 37.1 Å². The van der Waals surface area contributed by atoms with Crippen molar-refractivity contribution >= 4 is 50.7 Å². The Morgan fingerprint density at radius 2 is 1.64 bits per heavy atom. The van der Waals surface area contributed by atoms with Gasteiger partial charge in [0.05, 0.1) is 15.6 Å². The predicted octanol–water partition coefficient (Wildman–Crippen LogP) is 4.37. The second kappa shape index (κ2) is 8.55. The van der Waals surface area contributed by atoms with Crippen LogP contribution in [0.15, 0.2) is 41.3 Å². The molecule has 0 atom stereocenters. The quantitative estimate of drug-likeness (QED) is 0.729. The minimum atomic E-state index is -3.97. The van der Waals surface area contributed by atoms with Crippen LogP contribution in [0.2, 0.25) is 15.1 Å². The minimum Gasteiger partial charge on any atom is -0.338 e. The Morgan fingerprint density at radius 3 is 2.21 bits per heavy atom. The Labute approximate surface area is 177 Å². The third-order valence-corrected chi connectivity index (χ3v) is 7.10. The normalized spacial score (nSPS) is 15.6. The fourth-order valence-electron chi connectivity index (χ4n) is 3.07. The van der Waals surface area contributed by atoms with Crippen LogP contribution in [0.25, 0.3) is 0 Å². The molecule has 1 saturated heterocycles. The molecule has 3 rings (SSSR count). The zero-order valence-electron chi connectivity index (χ0n) is 14.5. The van der Waals surface area contributed by atoms with Crippen molar-refractivity contribution in [2.24, 2.45) is 0 Å². The second-order valence-electron chi connectivity index (χ2n) is 6.37. The van der Waals surface area contributed by atoms with Crippen LogP contribution in [-0.2, 0) is 10.0 Å². The Morgan fingerprint density at radius 1 is 1.07 bits per heavy atom.